The molecule has 1 aromatic rings. The molecule has 142 valence electrons. The Hall–Kier alpha value is -2.57. The van der Waals surface area contributed by atoms with Crippen molar-refractivity contribution < 1.29 is 23.9 Å². The monoisotopic (exact) mass is 362 g/mol. The molecule has 0 aromatic heterocycles. The van der Waals surface area contributed by atoms with Crippen LogP contribution in [0, 0.1) is 0 Å². The smallest absolute Gasteiger partial charge is 0.410 e. The van der Waals surface area contributed by atoms with E-state index in [0.29, 0.717) is 13.0 Å². The minimum atomic E-state index is -0.620. The highest BCUT2D eigenvalue weighted by Crippen LogP contribution is 2.18. The zero-order valence-electron chi connectivity index (χ0n) is 15.5. The topological polar surface area (TPSA) is 84.9 Å². The number of hydrogen-bond acceptors (Lipinski definition) is 5. The van der Waals surface area contributed by atoms with Crippen LogP contribution in [-0.2, 0) is 20.9 Å². The summed E-state index contributed by atoms with van der Waals surface area (Å²) in [7, 11) is 0. The first kappa shape index (κ1) is 19.8. The molecular formula is C19H26N2O5. The van der Waals surface area contributed by atoms with Crippen molar-refractivity contribution in [3.63, 3.8) is 0 Å². The van der Waals surface area contributed by atoms with Gasteiger partial charge in [0.2, 0.25) is 0 Å². The second-order valence-corrected chi connectivity index (χ2v) is 7.26. The summed E-state index contributed by atoms with van der Waals surface area (Å²) >= 11 is 0. The third-order valence-corrected chi connectivity index (χ3v) is 3.86. The highest BCUT2D eigenvalue weighted by Gasteiger charge is 2.33. The molecule has 1 unspecified atom stereocenters. The second-order valence-electron chi connectivity index (χ2n) is 7.26. The fourth-order valence-electron chi connectivity index (χ4n) is 2.62. The molecule has 1 N–H and O–H groups in total. The molecule has 2 rings (SSSR count). The number of benzene rings is 1. The average molecular weight is 362 g/mol. The lowest BCUT2D eigenvalue weighted by Gasteiger charge is -2.36. The fraction of sp³-hybridized carbons (Fsp3) is 0.526. The molecule has 1 aromatic carbocycles. The SMILES string of the molecule is CC(C)(C)OC(=O)N1CCC(=O)CC1CNC(=O)OCc1ccccc1. The number of amides is 2. The van der Waals surface area contributed by atoms with Crippen LogP contribution in [0.1, 0.15) is 39.2 Å². The summed E-state index contributed by atoms with van der Waals surface area (Å²) in [5, 5.41) is 2.63. The Bertz CT molecular complexity index is 639. The van der Waals surface area contributed by atoms with Crippen molar-refractivity contribution in [1.29, 1.82) is 0 Å². The molecule has 7 nitrogen and oxygen atoms in total. The molecule has 26 heavy (non-hydrogen) atoms. The van der Waals surface area contributed by atoms with Gasteiger partial charge in [-0.15, -0.1) is 0 Å². The van der Waals surface area contributed by atoms with Crippen molar-refractivity contribution in [2.45, 2.75) is 51.9 Å². The summed E-state index contributed by atoms with van der Waals surface area (Å²) in [6.07, 6.45) is -0.572. The van der Waals surface area contributed by atoms with Crippen LogP contribution < -0.4 is 5.32 Å². The average Bonchev–Trinajstić information content (AvgIpc) is 2.57. The zero-order chi connectivity index (χ0) is 19.2. The van der Waals surface area contributed by atoms with E-state index in [1.165, 1.54) is 4.90 Å². The van der Waals surface area contributed by atoms with Crippen LogP contribution in [0.3, 0.4) is 0 Å². The Morgan fingerprint density at radius 2 is 1.92 bits per heavy atom. The predicted molar refractivity (Wildman–Crippen MR) is 95.6 cm³/mol. The van der Waals surface area contributed by atoms with Gasteiger partial charge < -0.3 is 19.7 Å². The lowest BCUT2D eigenvalue weighted by atomic mass is 10.0. The van der Waals surface area contributed by atoms with Crippen molar-refractivity contribution in [1.82, 2.24) is 10.2 Å². The van der Waals surface area contributed by atoms with Crippen molar-refractivity contribution in [3.8, 4) is 0 Å². The van der Waals surface area contributed by atoms with Crippen molar-refractivity contribution in [2.24, 2.45) is 0 Å². The number of ketones is 1. The molecule has 1 aliphatic heterocycles. The van der Waals surface area contributed by atoms with Crippen LogP contribution in [0.4, 0.5) is 9.59 Å². The van der Waals surface area contributed by atoms with E-state index < -0.39 is 23.8 Å². The summed E-state index contributed by atoms with van der Waals surface area (Å²) in [5.74, 6) is 0.0641. The maximum atomic E-state index is 12.3. The van der Waals surface area contributed by atoms with Crippen LogP contribution in [0.25, 0.3) is 0 Å². The van der Waals surface area contributed by atoms with Crippen LogP contribution >= 0.6 is 0 Å². The van der Waals surface area contributed by atoms with Gasteiger partial charge in [-0.3, -0.25) is 4.79 Å². The van der Waals surface area contributed by atoms with Gasteiger partial charge in [-0.05, 0) is 26.3 Å². The number of ether oxygens (including phenoxy) is 2. The van der Waals surface area contributed by atoms with Gasteiger partial charge in [0.25, 0.3) is 0 Å². The molecule has 2 amide bonds. The molecule has 0 radical (unpaired) electrons. The van der Waals surface area contributed by atoms with E-state index in [4.69, 9.17) is 9.47 Å². The number of alkyl carbamates (subject to hydrolysis) is 1. The number of piperidine rings is 1. The highest BCUT2D eigenvalue weighted by atomic mass is 16.6. The Morgan fingerprint density at radius 1 is 1.23 bits per heavy atom. The fourth-order valence-corrected chi connectivity index (χ4v) is 2.62. The predicted octanol–water partition coefficient (Wildman–Crippen LogP) is 2.88. The first-order valence-electron chi connectivity index (χ1n) is 8.70. The normalized spacial score (nSPS) is 17.6. The molecule has 1 saturated heterocycles. The van der Waals surface area contributed by atoms with Gasteiger partial charge in [0.05, 0.1) is 6.04 Å². The van der Waals surface area contributed by atoms with Crippen LogP contribution in [-0.4, -0.2) is 47.6 Å². The van der Waals surface area contributed by atoms with E-state index in [-0.39, 0.29) is 25.4 Å². The number of nitrogens with one attached hydrogen (secondary N) is 1. The highest BCUT2D eigenvalue weighted by molar-refractivity contribution is 5.82. The van der Waals surface area contributed by atoms with Crippen LogP contribution in [0.15, 0.2) is 30.3 Å². The Morgan fingerprint density at radius 3 is 2.58 bits per heavy atom. The molecule has 1 heterocycles. The minimum absolute atomic E-state index is 0.0641. The van der Waals surface area contributed by atoms with Gasteiger partial charge in [-0.2, -0.15) is 0 Å². The Labute approximate surface area is 153 Å². The van der Waals surface area contributed by atoms with E-state index in [0.717, 1.165) is 5.56 Å². The maximum Gasteiger partial charge on any atom is 0.410 e. The quantitative estimate of drug-likeness (QED) is 0.890. The minimum Gasteiger partial charge on any atom is -0.445 e. The molecule has 0 saturated carbocycles. The Kier molecular flexibility index (Phi) is 6.60. The third kappa shape index (κ3) is 6.38. The van der Waals surface area contributed by atoms with Crippen LogP contribution in [0.2, 0.25) is 0 Å². The summed E-state index contributed by atoms with van der Waals surface area (Å²) in [6, 6.07) is 8.89. The standard InChI is InChI=1S/C19H26N2O5/c1-19(2,3)26-18(24)21-10-9-16(22)11-15(21)12-20-17(23)25-13-14-7-5-4-6-8-14/h4-8,15H,9-13H2,1-3H3,(H,20,23). The lowest BCUT2D eigenvalue weighted by molar-refractivity contribution is -0.122. The van der Waals surface area contributed by atoms with Crippen molar-refractivity contribution in [2.75, 3.05) is 13.1 Å². The first-order chi connectivity index (χ1) is 12.2. The van der Waals surface area contributed by atoms with Gasteiger partial charge in [-0.25, -0.2) is 9.59 Å². The molecule has 0 aliphatic carbocycles. The second kappa shape index (κ2) is 8.69. The molecule has 1 fully saturated rings. The number of nitrogens with zero attached hydrogens (tertiary/aromatic N) is 1. The first-order valence-corrected chi connectivity index (χ1v) is 8.70. The van der Waals surface area contributed by atoms with Gasteiger partial charge in [-0.1, -0.05) is 30.3 Å². The lowest BCUT2D eigenvalue weighted by Crippen LogP contribution is -2.52. The van der Waals surface area contributed by atoms with Crippen molar-refractivity contribution in [3.05, 3.63) is 35.9 Å². The third-order valence-electron chi connectivity index (χ3n) is 3.86. The van der Waals surface area contributed by atoms with E-state index >= 15 is 0 Å². The number of carbonyl (C=O) groups is 3. The molecule has 1 aliphatic rings. The van der Waals surface area contributed by atoms with Crippen molar-refractivity contribution >= 4 is 18.0 Å². The maximum absolute atomic E-state index is 12.3. The largest absolute Gasteiger partial charge is 0.445 e. The number of rotatable bonds is 4. The number of carbonyl (C=O) groups excluding carboxylic acids is 3. The van der Waals surface area contributed by atoms with E-state index in [1.54, 1.807) is 20.8 Å². The summed E-state index contributed by atoms with van der Waals surface area (Å²) in [6.45, 7) is 5.94. The van der Waals surface area contributed by atoms with E-state index in [2.05, 4.69) is 5.32 Å². The number of hydrogen-bond donors (Lipinski definition) is 1. The molecular weight excluding hydrogens is 336 g/mol. The van der Waals surface area contributed by atoms with Gasteiger partial charge >= 0.3 is 12.2 Å². The van der Waals surface area contributed by atoms with Gasteiger partial charge in [0, 0.05) is 25.9 Å². The zero-order valence-corrected chi connectivity index (χ0v) is 15.5. The van der Waals surface area contributed by atoms with Gasteiger partial charge in [0.15, 0.2) is 0 Å². The molecule has 7 heteroatoms. The Balaban J connectivity index is 1.86. The van der Waals surface area contributed by atoms with E-state index in [1.807, 2.05) is 30.3 Å². The number of Topliss-reactive ketones (excluding diaryl/α,β-unsaturated/α-hetero) is 1. The number of likely N-dealkylation sites (tertiary alicyclic amines) is 1. The van der Waals surface area contributed by atoms with Crippen LogP contribution in [0.5, 0.6) is 0 Å². The summed E-state index contributed by atoms with van der Waals surface area (Å²) in [4.78, 5) is 37.5. The molecule has 1 atom stereocenters. The molecule has 0 bridgehead atoms. The molecule has 0 spiro atoms. The summed E-state index contributed by atoms with van der Waals surface area (Å²) < 4.78 is 10.5. The summed E-state index contributed by atoms with van der Waals surface area (Å²) in [5.41, 5.74) is 0.261. The van der Waals surface area contributed by atoms with E-state index in [9.17, 15) is 14.4 Å². The van der Waals surface area contributed by atoms with Gasteiger partial charge in [0.1, 0.15) is 18.0 Å².